The molecule has 0 rings (SSSR count). The van der Waals surface area contributed by atoms with Gasteiger partial charge in [0.25, 0.3) is 0 Å². The van der Waals surface area contributed by atoms with Crippen LogP contribution in [0.4, 0.5) is 0 Å². The van der Waals surface area contributed by atoms with Crippen molar-refractivity contribution >= 4 is 0 Å². The summed E-state index contributed by atoms with van der Waals surface area (Å²) >= 11 is 0. The van der Waals surface area contributed by atoms with Gasteiger partial charge in [0.1, 0.15) is 0 Å². The first kappa shape index (κ1) is 17.5. The van der Waals surface area contributed by atoms with Gasteiger partial charge in [-0.25, -0.2) is 0 Å². The van der Waals surface area contributed by atoms with E-state index >= 15 is 0 Å². The maximum absolute atomic E-state index is 3.76. The molecule has 0 fully saturated rings. The Kier molecular flexibility index (Phi) is 16.0. The van der Waals surface area contributed by atoms with Crippen LogP contribution in [0.5, 0.6) is 0 Å². The Hall–Kier alpha value is -0.520. The summed E-state index contributed by atoms with van der Waals surface area (Å²) in [6, 6.07) is 0. The highest BCUT2D eigenvalue weighted by Crippen LogP contribution is 2.11. The van der Waals surface area contributed by atoms with Crippen LogP contribution in [-0.4, -0.2) is 0 Å². The van der Waals surface area contributed by atoms with Gasteiger partial charge in [0.05, 0.1) is 0 Å². The van der Waals surface area contributed by atoms with Gasteiger partial charge < -0.3 is 0 Å². The van der Waals surface area contributed by atoms with Gasteiger partial charge in [-0.2, -0.15) is 0 Å². The first-order valence-corrected chi connectivity index (χ1v) is 8.02. The Morgan fingerprint density at radius 3 is 1.72 bits per heavy atom. The molecule has 18 heavy (non-hydrogen) atoms. The van der Waals surface area contributed by atoms with Gasteiger partial charge in [0, 0.05) is 0 Å². The van der Waals surface area contributed by atoms with Gasteiger partial charge in [-0.15, -0.1) is 0 Å². The van der Waals surface area contributed by atoms with E-state index in [1.807, 2.05) is 0 Å². The first-order valence-electron chi connectivity index (χ1n) is 8.02. The van der Waals surface area contributed by atoms with Crippen LogP contribution in [0.1, 0.15) is 84.0 Å². The monoisotopic (exact) mass is 249 g/mol. The van der Waals surface area contributed by atoms with Crippen LogP contribution in [-0.2, 0) is 0 Å². The van der Waals surface area contributed by atoms with Crippen molar-refractivity contribution in [2.45, 2.75) is 84.0 Å². The standard InChI is InChI=1S/C18H33/c1-3-5-7-9-11-13-15-17-18-16-14-12-10-8-6-4-2/h5,7,9,11H,1,3-4,6,8,10,12-18H2,2H3. The molecule has 105 valence electrons. The van der Waals surface area contributed by atoms with Crippen LogP contribution in [0.3, 0.4) is 0 Å². The smallest absolute Gasteiger partial charge is 0.0347 e. The molecular formula is C18H33. The van der Waals surface area contributed by atoms with Crippen molar-refractivity contribution in [3.8, 4) is 0 Å². The number of hydrogen-bond donors (Lipinski definition) is 0. The Balaban J connectivity index is 3.03. The van der Waals surface area contributed by atoms with Crippen LogP contribution in [0.15, 0.2) is 24.3 Å². The summed E-state index contributed by atoms with van der Waals surface area (Å²) in [4.78, 5) is 0. The molecule has 0 aliphatic rings. The fourth-order valence-corrected chi connectivity index (χ4v) is 2.10. The van der Waals surface area contributed by atoms with E-state index in [4.69, 9.17) is 0 Å². The van der Waals surface area contributed by atoms with Crippen molar-refractivity contribution in [1.82, 2.24) is 0 Å². The molecule has 0 heterocycles. The van der Waals surface area contributed by atoms with Crippen LogP contribution in [0.2, 0.25) is 0 Å². The van der Waals surface area contributed by atoms with E-state index in [2.05, 4.69) is 38.2 Å². The highest BCUT2D eigenvalue weighted by atomic mass is 14.0. The highest BCUT2D eigenvalue weighted by molar-refractivity contribution is 5.02. The van der Waals surface area contributed by atoms with Gasteiger partial charge in [0.2, 0.25) is 0 Å². The topological polar surface area (TPSA) is 0 Å². The normalized spacial score (nSPS) is 11.9. The van der Waals surface area contributed by atoms with Gasteiger partial charge in [-0.05, 0) is 26.2 Å². The molecule has 0 N–H and O–H groups in total. The predicted molar refractivity (Wildman–Crippen MR) is 84.7 cm³/mol. The lowest BCUT2D eigenvalue weighted by Gasteiger charge is -2.01. The molecule has 1 radical (unpaired) electrons. The second kappa shape index (κ2) is 16.5. The van der Waals surface area contributed by atoms with E-state index in [0.29, 0.717) is 0 Å². The van der Waals surface area contributed by atoms with Crippen LogP contribution < -0.4 is 0 Å². The summed E-state index contributed by atoms with van der Waals surface area (Å²) < 4.78 is 0. The molecule has 0 saturated heterocycles. The van der Waals surface area contributed by atoms with Crippen LogP contribution in [0.25, 0.3) is 0 Å². The zero-order valence-electron chi connectivity index (χ0n) is 12.5. The summed E-state index contributed by atoms with van der Waals surface area (Å²) in [5.74, 6) is 0. The first-order chi connectivity index (χ1) is 8.91. The number of unbranched alkanes of at least 4 members (excludes halogenated alkanes) is 10. The molecule has 0 aromatic heterocycles. The molecule has 0 unspecified atom stereocenters. The van der Waals surface area contributed by atoms with Gasteiger partial charge in [0.15, 0.2) is 0 Å². The molecule has 0 atom stereocenters. The minimum absolute atomic E-state index is 0.891. The highest BCUT2D eigenvalue weighted by Gasteiger charge is 1.91. The molecular weight excluding hydrogens is 216 g/mol. The van der Waals surface area contributed by atoms with Gasteiger partial charge in [-0.1, -0.05) is 89.0 Å². The van der Waals surface area contributed by atoms with Crippen molar-refractivity contribution in [2.75, 3.05) is 0 Å². The molecule has 0 aliphatic heterocycles. The lowest BCUT2D eigenvalue weighted by molar-refractivity contribution is 0.557. The third-order valence-corrected chi connectivity index (χ3v) is 3.27. The third-order valence-electron chi connectivity index (χ3n) is 3.27. The molecule has 0 nitrogen and oxygen atoms in total. The van der Waals surface area contributed by atoms with Crippen LogP contribution >= 0.6 is 0 Å². The molecule has 0 aromatic rings. The largest absolute Gasteiger partial charge is 0.0845 e. The molecule has 0 spiro atoms. The van der Waals surface area contributed by atoms with Crippen molar-refractivity contribution < 1.29 is 0 Å². The lowest BCUT2D eigenvalue weighted by atomic mass is 10.1. The summed E-state index contributed by atoms with van der Waals surface area (Å²) in [5, 5.41) is 0. The fraction of sp³-hybridized carbons (Fsp3) is 0.722. The van der Waals surface area contributed by atoms with Crippen LogP contribution in [0, 0.1) is 6.92 Å². The van der Waals surface area contributed by atoms with E-state index in [1.54, 1.807) is 0 Å². The molecule has 0 aliphatic carbocycles. The zero-order valence-corrected chi connectivity index (χ0v) is 12.5. The van der Waals surface area contributed by atoms with E-state index in [0.717, 1.165) is 6.42 Å². The van der Waals surface area contributed by atoms with Crippen molar-refractivity contribution in [3.05, 3.63) is 31.2 Å². The second-order valence-electron chi connectivity index (χ2n) is 5.12. The Morgan fingerprint density at radius 1 is 0.667 bits per heavy atom. The average molecular weight is 249 g/mol. The Bertz CT molecular complexity index is 188. The lowest BCUT2D eigenvalue weighted by Crippen LogP contribution is -1.81. The van der Waals surface area contributed by atoms with Crippen molar-refractivity contribution in [1.29, 1.82) is 0 Å². The van der Waals surface area contributed by atoms with Crippen molar-refractivity contribution in [3.63, 3.8) is 0 Å². The van der Waals surface area contributed by atoms with E-state index in [9.17, 15) is 0 Å². The van der Waals surface area contributed by atoms with E-state index in [1.165, 1.54) is 70.6 Å². The molecule has 0 amide bonds. The SMILES string of the molecule is [CH2]CC=CC=CCCCCCCCCCCCC. The van der Waals surface area contributed by atoms with E-state index < -0.39 is 0 Å². The maximum Gasteiger partial charge on any atom is -0.0347 e. The van der Waals surface area contributed by atoms with E-state index in [-0.39, 0.29) is 0 Å². The number of rotatable bonds is 13. The Morgan fingerprint density at radius 2 is 1.17 bits per heavy atom. The quantitative estimate of drug-likeness (QED) is 0.254. The van der Waals surface area contributed by atoms with Gasteiger partial charge in [-0.3, -0.25) is 0 Å². The summed E-state index contributed by atoms with van der Waals surface area (Å²) in [6.45, 7) is 6.05. The van der Waals surface area contributed by atoms with Gasteiger partial charge >= 0.3 is 0 Å². The van der Waals surface area contributed by atoms with Crippen molar-refractivity contribution in [2.24, 2.45) is 0 Å². The number of allylic oxidation sites excluding steroid dienone is 4. The minimum Gasteiger partial charge on any atom is -0.0845 e. The number of hydrogen-bond acceptors (Lipinski definition) is 0. The Labute approximate surface area is 116 Å². The molecule has 0 bridgehead atoms. The molecule has 0 aromatic carbocycles. The molecule has 0 saturated carbocycles. The fourth-order valence-electron chi connectivity index (χ4n) is 2.10. The second-order valence-corrected chi connectivity index (χ2v) is 5.12. The predicted octanol–water partition coefficient (Wildman–Crippen LogP) is 6.63. The summed E-state index contributed by atoms with van der Waals surface area (Å²) in [5.41, 5.74) is 0. The average Bonchev–Trinajstić information content (AvgIpc) is 2.39. The summed E-state index contributed by atoms with van der Waals surface area (Å²) in [7, 11) is 0. The zero-order chi connectivity index (χ0) is 13.3. The third kappa shape index (κ3) is 15.5. The molecule has 0 heteroatoms. The maximum atomic E-state index is 3.76. The minimum atomic E-state index is 0.891. The summed E-state index contributed by atoms with van der Waals surface area (Å²) in [6.07, 6.45) is 25.0.